The molecule has 7 rings (SSSR count). The lowest BCUT2D eigenvalue weighted by molar-refractivity contribution is -0.358. The number of aromatic hydroxyl groups is 4. The summed E-state index contributed by atoms with van der Waals surface area (Å²) in [6.45, 7) is -2.70. The second-order valence-electron chi connectivity index (χ2n) is 15.4. The highest BCUT2D eigenvalue weighted by molar-refractivity contribution is 5.89. The van der Waals surface area contributed by atoms with E-state index in [1.165, 1.54) is 30.3 Å². The molecule has 3 aliphatic heterocycles. The average molecular weight is 935 g/mol. The molecule has 3 fully saturated rings. The first-order valence-electron chi connectivity index (χ1n) is 20.0. The lowest BCUT2D eigenvalue weighted by Gasteiger charge is -2.46. The number of carbonyl (C=O) groups excluding carboxylic acids is 1. The number of esters is 1. The Labute approximate surface area is 370 Å². The third-order valence-electron chi connectivity index (χ3n) is 11.0. The van der Waals surface area contributed by atoms with Crippen molar-refractivity contribution >= 4 is 23.0 Å². The van der Waals surface area contributed by atoms with E-state index in [1.54, 1.807) is 0 Å². The Bertz CT molecular complexity index is 2420. The quantitative estimate of drug-likeness (QED) is 0.0355. The molecule has 3 aromatic carbocycles. The first kappa shape index (κ1) is 48.3. The fourth-order valence-electron chi connectivity index (χ4n) is 7.37. The number of aliphatic hydroxyl groups is 10. The summed E-state index contributed by atoms with van der Waals surface area (Å²) < 4.78 is 45.8. The molecule has 3 aliphatic rings. The lowest BCUT2D eigenvalue weighted by atomic mass is 9.97. The molecule has 24 heteroatoms. The number of rotatable bonds is 13. The van der Waals surface area contributed by atoms with Crippen molar-refractivity contribution in [1.82, 2.24) is 0 Å². The third kappa shape index (κ3) is 9.73. The van der Waals surface area contributed by atoms with Gasteiger partial charge in [-0.25, -0.2) is 4.79 Å². The van der Waals surface area contributed by atoms with Gasteiger partial charge in [-0.2, -0.15) is 0 Å². The van der Waals surface area contributed by atoms with E-state index in [0.717, 1.165) is 36.4 Å². The first-order valence-corrected chi connectivity index (χ1v) is 20.0. The van der Waals surface area contributed by atoms with Crippen LogP contribution in [0.1, 0.15) is 5.56 Å². The molecule has 3 saturated heterocycles. The maximum atomic E-state index is 14.5. The van der Waals surface area contributed by atoms with E-state index < -0.39 is 163 Å². The Morgan fingerprint density at radius 3 is 1.82 bits per heavy atom. The van der Waals surface area contributed by atoms with Crippen LogP contribution in [-0.2, 0) is 28.5 Å². The highest BCUT2D eigenvalue weighted by Crippen LogP contribution is 2.41. The predicted octanol–water partition coefficient (Wildman–Crippen LogP) is -3.27. The molecule has 0 spiro atoms. The van der Waals surface area contributed by atoms with Gasteiger partial charge in [0, 0.05) is 23.8 Å². The van der Waals surface area contributed by atoms with Crippen molar-refractivity contribution in [1.29, 1.82) is 0 Å². The van der Waals surface area contributed by atoms with Gasteiger partial charge in [0.2, 0.25) is 23.8 Å². The topological polar surface area (TPSA) is 395 Å². The minimum absolute atomic E-state index is 0.0523. The van der Waals surface area contributed by atoms with Gasteiger partial charge in [-0.1, -0.05) is 12.1 Å². The van der Waals surface area contributed by atoms with Crippen molar-refractivity contribution in [3.63, 3.8) is 0 Å². The maximum Gasteiger partial charge on any atom is 0.331 e. The molecule has 24 nitrogen and oxygen atoms in total. The Morgan fingerprint density at radius 2 is 1.20 bits per heavy atom. The molecule has 4 aromatic rings. The number of fused-ring (bicyclic) bond motifs is 1. The van der Waals surface area contributed by atoms with Crippen LogP contribution in [0.5, 0.6) is 34.5 Å². The van der Waals surface area contributed by atoms with Gasteiger partial charge >= 0.3 is 5.97 Å². The minimum atomic E-state index is -2.14. The smallest absolute Gasteiger partial charge is 0.331 e. The SMILES string of the molecule is O=C(C=Cc1ccc(O)cc1)O[C@H]1[C@H](O[C@H]2[C@H](Oc3c(-c4ccc(O)c(O)c4)oc4cc(O[C@@H]5O[C@H](CO)[C@@H](O)[C@H](O)[C@H]5O)cc(O)c4c3=O)O[C@H](CO)[C@@H](O)[C@@H]2O)O[C@H](CO)[C@@H](O)[C@@H]1O. The molecule has 0 unspecified atom stereocenters. The van der Waals surface area contributed by atoms with Gasteiger partial charge in [0.15, 0.2) is 35.8 Å². The Hall–Kier alpha value is -5.68. The number of phenolic OH excluding ortho intramolecular Hbond substituents is 4. The van der Waals surface area contributed by atoms with Crippen molar-refractivity contribution < 1.29 is 114 Å². The number of hydrogen-bond acceptors (Lipinski definition) is 24. The van der Waals surface area contributed by atoms with Crippen LogP contribution < -0.4 is 14.9 Å². The number of aliphatic hydroxyl groups excluding tert-OH is 10. The molecule has 0 saturated carbocycles. The zero-order chi connectivity index (χ0) is 47.7. The molecular weight excluding hydrogens is 888 g/mol. The summed E-state index contributed by atoms with van der Waals surface area (Å²) in [4.78, 5) is 27.5. The monoisotopic (exact) mass is 934 g/mol. The molecule has 15 atom stereocenters. The minimum Gasteiger partial charge on any atom is -0.508 e. The van der Waals surface area contributed by atoms with Crippen molar-refractivity contribution in [3.05, 3.63) is 76.5 Å². The normalized spacial score (nSPS) is 32.6. The Morgan fingerprint density at radius 1 is 0.606 bits per heavy atom. The van der Waals surface area contributed by atoms with E-state index in [0.29, 0.717) is 5.56 Å². The van der Waals surface area contributed by atoms with Gasteiger partial charge in [0.25, 0.3) is 0 Å². The van der Waals surface area contributed by atoms with Crippen LogP contribution in [0.3, 0.4) is 0 Å². The lowest BCUT2D eigenvalue weighted by Crippen LogP contribution is -2.65. The summed E-state index contributed by atoms with van der Waals surface area (Å²) in [6, 6.07) is 10.6. The number of ether oxygens (including phenoxy) is 7. The van der Waals surface area contributed by atoms with Crippen LogP contribution in [0.25, 0.3) is 28.4 Å². The van der Waals surface area contributed by atoms with Gasteiger partial charge in [-0.3, -0.25) is 4.79 Å². The highest BCUT2D eigenvalue weighted by atomic mass is 16.8. The third-order valence-corrected chi connectivity index (χ3v) is 11.0. The summed E-state index contributed by atoms with van der Waals surface area (Å²) in [5.41, 5.74) is -1.45. The van der Waals surface area contributed by atoms with E-state index in [9.17, 15) is 81.1 Å². The molecular formula is C42H46O24. The van der Waals surface area contributed by atoms with E-state index in [-0.39, 0.29) is 17.1 Å². The van der Waals surface area contributed by atoms with Crippen molar-refractivity contribution in [2.75, 3.05) is 19.8 Å². The van der Waals surface area contributed by atoms with Crippen molar-refractivity contribution in [2.45, 2.75) is 92.1 Å². The Balaban J connectivity index is 1.26. The summed E-state index contributed by atoms with van der Waals surface area (Å²) in [7, 11) is 0. The van der Waals surface area contributed by atoms with Gasteiger partial charge in [-0.15, -0.1) is 0 Å². The second kappa shape index (κ2) is 20.0. The van der Waals surface area contributed by atoms with Gasteiger partial charge in [0.05, 0.1) is 19.8 Å². The number of benzene rings is 3. The Kier molecular flexibility index (Phi) is 14.7. The van der Waals surface area contributed by atoms with Crippen molar-refractivity contribution in [2.24, 2.45) is 0 Å². The van der Waals surface area contributed by atoms with Gasteiger partial charge in [0.1, 0.15) is 89.3 Å². The fourth-order valence-corrected chi connectivity index (χ4v) is 7.37. The second-order valence-corrected chi connectivity index (χ2v) is 15.4. The van der Waals surface area contributed by atoms with E-state index in [4.69, 9.17) is 37.6 Å². The van der Waals surface area contributed by atoms with E-state index in [2.05, 4.69) is 0 Å². The standard InChI is InChI=1S/C42H46O24/c43-12-23-28(51)32(55)35(58)40(61-23)59-18-10-21(49)27-22(11-18)60-36(16-4-7-19(47)20(48)9-16)37(31(27)54)65-42-39(34(57)30(53)25(14-45)63-42)66-41-38(33(56)29(52)24(13-44)62-41)64-26(50)8-3-15-1-5-17(46)6-2-15/h1-11,23-25,28-30,32-35,38-49,51-53,55-58H,12-14H2/t23-,24-,25-,28-,29-,30-,32+,33+,34+,35-,38-,39-,40-,41+,42+/m1/s1. The van der Waals surface area contributed by atoms with Gasteiger partial charge < -0.3 is 109 Å². The molecule has 0 amide bonds. The van der Waals surface area contributed by atoms with Crippen LogP contribution in [0.4, 0.5) is 0 Å². The van der Waals surface area contributed by atoms with Crippen LogP contribution in [0.15, 0.2) is 69.9 Å². The number of hydrogen-bond donors (Lipinski definition) is 14. The van der Waals surface area contributed by atoms with E-state index in [1.807, 2.05) is 0 Å². The van der Waals surface area contributed by atoms with E-state index >= 15 is 0 Å². The van der Waals surface area contributed by atoms with Crippen LogP contribution in [-0.4, -0.2) is 189 Å². The van der Waals surface area contributed by atoms with Crippen LogP contribution in [0.2, 0.25) is 0 Å². The van der Waals surface area contributed by atoms with Gasteiger partial charge in [-0.05, 0) is 42.0 Å². The number of carbonyl (C=O) groups is 1. The summed E-state index contributed by atoms with van der Waals surface area (Å²) in [5.74, 6) is -5.22. The number of phenols is 4. The first-order chi connectivity index (χ1) is 31.4. The molecule has 0 aliphatic carbocycles. The van der Waals surface area contributed by atoms with Crippen LogP contribution in [0, 0.1) is 0 Å². The molecule has 14 N–H and O–H groups in total. The molecule has 1 aromatic heterocycles. The molecule has 66 heavy (non-hydrogen) atoms. The molecule has 358 valence electrons. The zero-order valence-electron chi connectivity index (χ0n) is 34.0. The summed E-state index contributed by atoms with van der Waals surface area (Å²) in [5, 5.41) is 146. The molecule has 4 heterocycles. The molecule has 0 bridgehead atoms. The largest absolute Gasteiger partial charge is 0.508 e. The van der Waals surface area contributed by atoms with Crippen molar-refractivity contribution in [3.8, 4) is 45.8 Å². The highest BCUT2D eigenvalue weighted by Gasteiger charge is 2.53. The average Bonchev–Trinajstić information content (AvgIpc) is 3.29. The predicted molar refractivity (Wildman–Crippen MR) is 215 cm³/mol. The fraction of sp³-hybridized carbons (Fsp3) is 0.429. The zero-order valence-corrected chi connectivity index (χ0v) is 34.0. The van der Waals surface area contributed by atoms with Crippen LogP contribution >= 0.6 is 0 Å². The summed E-state index contributed by atoms with van der Waals surface area (Å²) in [6.07, 6.45) is -25.9. The summed E-state index contributed by atoms with van der Waals surface area (Å²) >= 11 is 0. The maximum absolute atomic E-state index is 14.5. The molecule has 0 radical (unpaired) electrons.